The molecule has 1 fully saturated rings. The standard InChI is InChI=1S/C16H16BrN.C7H5BrO.C7H9N.C2H4N2/c1-11-5-3-4-6-15(11)18-12(2)16(18)13-7-9-14(17)10-8-13;8-7-3-1-6(5-9)2-4-7;1-6-4-2-3-5-7(6)8;1-2-4-3/h3-10,12,16H,1-2H3;1-5H;2-5H,8H2,1H3;2H,1H3/t12-,16-,18?;;;/m0.../s1/i12D;;;2D. The van der Waals surface area contributed by atoms with E-state index in [1.165, 1.54) is 18.1 Å². The SMILES string of the molecule is Cc1ccccc1N.O=Cc1ccc(Br)cc1.[2H]C(C)=[N+]=[N-].[2H][C@]1(C)[C@@H](c2ccc(Br)cc2)N1c1ccccc1C. The molecule has 39 heavy (non-hydrogen) atoms. The van der Waals surface area contributed by atoms with E-state index >= 15 is 0 Å². The molecular formula is C32H34Br2N4O. The molecule has 2 N–H and O–H groups in total. The molecule has 4 aromatic rings. The Bertz CT molecular complexity index is 1450. The fourth-order valence-electron chi connectivity index (χ4n) is 3.62. The average Bonchev–Trinajstić information content (AvgIpc) is 3.53. The van der Waals surface area contributed by atoms with Crippen molar-refractivity contribution in [2.75, 3.05) is 10.6 Å². The smallest absolute Gasteiger partial charge is 0.254 e. The summed E-state index contributed by atoms with van der Waals surface area (Å²) >= 11 is 6.71. The van der Waals surface area contributed by atoms with Gasteiger partial charge in [0.15, 0.2) is 1.37 Å². The summed E-state index contributed by atoms with van der Waals surface area (Å²) in [4.78, 5) is 14.7. The molecule has 1 heterocycles. The number of carbonyl (C=O) groups excluding carboxylic acids is 1. The molecule has 0 amide bonds. The van der Waals surface area contributed by atoms with Gasteiger partial charge in [-0.05, 0) is 73.9 Å². The van der Waals surface area contributed by atoms with E-state index in [1.54, 1.807) is 12.1 Å². The van der Waals surface area contributed by atoms with Crippen molar-refractivity contribution in [3.63, 3.8) is 0 Å². The number of hydrogen-bond donors (Lipinski definition) is 1. The molecule has 0 spiro atoms. The Hall–Kier alpha value is -3.51. The van der Waals surface area contributed by atoms with Gasteiger partial charge in [0.1, 0.15) is 6.29 Å². The van der Waals surface area contributed by atoms with Crippen LogP contribution in [0.1, 0.15) is 49.7 Å². The number of hydrogen-bond acceptors (Lipinski definition) is 3. The number of para-hydroxylation sites is 2. The summed E-state index contributed by atoms with van der Waals surface area (Å²) in [5.41, 5.74) is 19.4. The van der Waals surface area contributed by atoms with E-state index in [9.17, 15) is 4.79 Å². The van der Waals surface area contributed by atoms with Gasteiger partial charge < -0.3 is 16.2 Å². The highest BCUT2D eigenvalue weighted by atomic mass is 79.9. The Morgan fingerprint density at radius 2 is 1.38 bits per heavy atom. The van der Waals surface area contributed by atoms with Gasteiger partial charge in [-0.3, -0.25) is 4.79 Å². The summed E-state index contributed by atoms with van der Waals surface area (Å²) in [5.74, 6) is 0. The zero-order chi connectivity index (χ0) is 30.6. The molecule has 5 rings (SSSR count). The Labute approximate surface area is 251 Å². The topological polar surface area (TPSA) is 82.5 Å². The lowest BCUT2D eigenvalue weighted by Gasteiger charge is -2.09. The Morgan fingerprint density at radius 1 is 0.897 bits per heavy atom. The molecule has 1 aliphatic rings. The van der Waals surface area contributed by atoms with Gasteiger partial charge >= 0.3 is 0 Å². The maximum absolute atomic E-state index is 10.1. The van der Waals surface area contributed by atoms with Crippen LogP contribution in [0.5, 0.6) is 0 Å². The summed E-state index contributed by atoms with van der Waals surface area (Å²) in [5, 5.41) is 0. The fraction of sp³-hybridized carbons (Fsp3) is 0.188. The molecule has 0 unspecified atom stereocenters. The summed E-state index contributed by atoms with van der Waals surface area (Å²) in [6.45, 7) is 7.46. The third-order valence-electron chi connectivity index (χ3n) is 5.82. The molecular weight excluding hydrogens is 616 g/mol. The maximum atomic E-state index is 10.1. The van der Waals surface area contributed by atoms with E-state index in [1.807, 2.05) is 74.5 Å². The number of benzene rings is 4. The molecule has 202 valence electrons. The summed E-state index contributed by atoms with van der Waals surface area (Å²) in [6, 6.07) is 31.1. The van der Waals surface area contributed by atoms with Gasteiger partial charge in [-0.15, -0.1) is 0 Å². The first-order valence-corrected chi connectivity index (χ1v) is 13.8. The first-order chi connectivity index (χ1) is 19.4. The van der Waals surface area contributed by atoms with Crippen molar-refractivity contribution >= 4 is 55.7 Å². The number of anilines is 2. The second-order valence-corrected chi connectivity index (χ2v) is 10.4. The van der Waals surface area contributed by atoms with Gasteiger partial charge in [0.2, 0.25) is 0 Å². The molecule has 0 aliphatic carbocycles. The molecule has 1 aliphatic heterocycles. The predicted octanol–water partition coefficient (Wildman–Crippen LogP) is 8.85. The second kappa shape index (κ2) is 16.5. The second-order valence-electron chi connectivity index (χ2n) is 8.60. The normalized spacial score (nSPS) is 17.2. The quantitative estimate of drug-likeness (QED) is 0.0600. The molecule has 0 radical (unpaired) electrons. The third-order valence-corrected chi connectivity index (χ3v) is 6.88. The lowest BCUT2D eigenvalue weighted by Crippen LogP contribution is -1.98. The van der Waals surface area contributed by atoms with Crippen LogP contribution in [0.3, 0.4) is 0 Å². The van der Waals surface area contributed by atoms with Crippen LogP contribution in [-0.4, -0.2) is 23.3 Å². The van der Waals surface area contributed by atoms with E-state index in [2.05, 4.69) is 72.7 Å². The highest BCUT2D eigenvalue weighted by Crippen LogP contribution is 2.47. The van der Waals surface area contributed by atoms with Gasteiger partial charge in [0, 0.05) is 32.8 Å². The van der Waals surface area contributed by atoms with Crippen LogP contribution in [0.2, 0.25) is 0 Å². The number of halogens is 2. The number of nitrogens with two attached hydrogens (primary N) is 1. The highest BCUT2D eigenvalue weighted by Gasteiger charge is 2.45. The maximum Gasteiger partial charge on any atom is 0.254 e. The largest absolute Gasteiger partial charge is 0.399 e. The molecule has 1 saturated heterocycles. The Balaban J connectivity index is 0.000000223. The first kappa shape index (κ1) is 28.5. The average molecular weight is 652 g/mol. The highest BCUT2D eigenvalue weighted by molar-refractivity contribution is 9.10. The Morgan fingerprint density at radius 3 is 1.82 bits per heavy atom. The van der Waals surface area contributed by atoms with Crippen LogP contribution in [0.15, 0.2) is 106 Å². The molecule has 4 aromatic carbocycles. The number of carbonyl (C=O) groups is 1. The zero-order valence-corrected chi connectivity index (χ0v) is 25.6. The fourth-order valence-corrected chi connectivity index (χ4v) is 4.15. The first-order valence-electron chi connectivity index (χ1n) is 13.2. The van der Waals surface area contributed by atoms with Gasteiger partial charge in [-0.1, -0.05) is 92.5 Å². The molecule has 2 atom stereocenters. The van der Waals surface area contributed by atoms with Crippen molar-refractivity contribution < 1.29 is 12.3 Å². The minimum atomic E-state index is -0.556. The van der Waals surface area contributed by atoms with Crippen molar-refractivity contribution in [1.29, 1.82) is 0 Å². The van der Waals surface area contributed by atoms with Crippen LogP contribution in [-0.2, 0) is 0 Å². The van der Waals surface area contributed by atoms with Crippen molar-refractivity contribution in [1.82, 2.24) is 0 Å². The van der Waals surface area contributed by atoms with Crippen molar-refractivity contribution in [3.05, 3.63) is 134 Å². The lowest BCUT2D eigenvalue weighted by atomic mass is 10.1. The van der Waals surface area contributed by atoms with Gasteiger partial charge in [-0.2, -0.15) is 4.79 Å². The lowest BCUT2D eigenvalue weighted by molar-refractivity contribution is 0.00297. The predicted molar refractivity (Wildman–Crippen MR) is 170 cm³/mol. The van der Waals surface area contributed by atoms with Gasteiger partial charge in [-0.25, -0.2) is 0 Å². The monoisotopic (exact) mass is 650 g/mol. The van der Waals surface area contributed by atoms with Crippen molar-refractivity contribution in [2.45, 2.75) is 39.8 Å². The zero-order valence-electron chi connectivity index (χ0n) is 24.5. The van der Waals surface area contributed by atoms with E-state index in [0.29, 0.717) is 5.56 Å². The van der Waals surface area contributed by atoms with Crippen LogP contribution in [0.25, 0.3) is 5.53 Å². The Kier molecular flexibility index (Phi) is 12.0. The van der Waals surface area contributed by atoms with E-state index in [4.69, 9.17) is 14.0 Å². The number of aldehydes is 1. The number of nitrogens with zero attached hydrogens (tertiary/aromatic N) is 3. The molecule has 5 nitrogen and oxygen atoms in total. The van der Waals surface area contributed by atoms with Crippen molar-refractivity contribution in [3.8, 4) is 0 Å². The molecule has 0 aromatic heterocycles. The molecule has 7 heteroatoms. The van der Waals surface area contributed by atoms with E-state index in [-0.39, 0.29) is 12.2 Å². The molecule has 0 saturated carbocycles. The van der Waals surface area contributed by atoms with Crippen LogP contribution in [0, 0.1) is 13.8 Å². The summed E-state index contributed by atoms with van der Waals surface area (Å²) in [7, 11) is 0. The number of rotatable bonds is 3. The summed E-state index contributed by atoms with van der Waals surface area (Å²) < 4.78 is 16.9. The van der Waals surface area contributed by atoms with Crippen molar-refractivity contribution in [2.24, 2.45) is 0 Å². The van der Waals surface area contributed by atoms with Crippen LogP contribution >= 0.6 is 31.9 Å². The van der Waals surface area contributed by atoms with E-state index < -0.39 is 6.02 Å². The van der Waals surface area contributed by atoms with Crippen LogP contribution in [0.4, 0.5) is 11.4 Å². The van der Waals surface area contributed by atoms with Crippen LogP contribution < -0.4 is 10.6 Å². The minimum absolute atomic E-state index is 0.0648. The minimum Gasteiger partial charge on any atom is -0.399 e. The molecule has 0 bridgehead atoms. The van der Waals surface area contributed by atoms with Gasteiger partial charge in [0.05, 0.1) is 13.4 Å². The summed E-state index contributed by atoms with van der Waals surface area (Å²) in [6.07, 6.45) is 0.761. The van der Waals surface area contributed by atoms with E-state index in [0.717, 1.165) is 32.2 Å². The third kappa shape index (κ3) is 10.3. The van der Waals surface area contributed by atoms with Gasteiger partial charge in [0.25, 0.3) is 6.19 Å². The number of aryl methyl sites for hydroxylation is 2. The number of nitrogen functional groups attached to an aromatic ring is 1.